The van der Waals surface area contributed by atoms with Crippen LogP contribution in [0.25, 0.3) is 22.3 Å². The number of benzene rings is 1. The second-order valence-electron chi connectivity index (χ2n) is 3.93. The van der Waals surface area contributed by atoms with E-state index in [-0.39, 0.29) is 12.4 Å². The Morgan fingerprint density at radius 1 is 1.06 bits per heavy atom. The Bertz CT molecular complexity index is 630. The van der Waals surface area contributed by atoms with Gasteiger partial charge in [-0.05, 0) is 36.8 Å². The summed E-state index contributed by atoms with van der Waals surface area (Å²) in [4.78, 5) is 7.83. The van der Waals surface area contributed by atoms with Gasteiger partial charge in [0.15, 0.2) is 0 Å². The highest BCUT2D eigenvalue weighted by Gasteiger charge is 2.04. The molecule has 0 radical (unpaired) electrons. The van der Waals surface area contributed by atoms with E-state index in [0.717, 1.165) is 16.9 Å². The normalized spacial score (nSPS) is 10.2. The first-order chi connectivity index (χ1) is 7.84. The molecule has 0 amide bonds. The third-order valence-electron chi connectivity index (χ3n) is 2.80. The predicted molar refractivity (Wildman–Crippen MR) is 73.5 cm³/mol. The van der Waals surface area contributed by atoms with Crippen LogP contribution in [0.3, 0.4) is 0 Å². The van der Waals surface area contributed by atoms with E-state index in [9.17, 15) is 0 Å². The number of aromatic amines is 1. The van der Waals surface area contributed by atoms with E-state index >= 15 is 0 Å². The molecule has 0 unspecified atom stereocenters. The second kappa shape index (κ2) is 4.60. The molecule has 17 heavy (non-hydrogen) atoms. The largest absolute Gasteiger partial charge is 0.360 e. The molecule has 2 nitrogen and oxygen atoms in total. The van der Waals surface area contributed by atoms with Crippen LogP contribution in [0.15, 0.2) is 48.7 Å². The van der Waals surface area contributed by atoms with Crippen molar-refractivity contribution in [1.82, 2.24) is 9.97 Å². The highest BCUT2D eigenvalue weighted by molar-refractivity contribution is 5.85. The molecule has 86 valence electrons. The number of rotatable bonds is 1. The van der Waals surface area contributed by atoms with Gasteiger partial charge in [-0.3, -0.25) is 0 Å². The minimum absolute atomic E-state index is 0. The van der Waals surface area contributed by atoms with Crippen molar-refractivity contribution < 1.29 is 0 Å². The van der Waals surface area contributed by atoms with Crippen LogP contribution in [0, 0.1) is 6.92 Å². The van der Waals surface area contributed by atoms with Gasteiger partial charge in [0.05, 0.1) is 16.9 Å². The molecular weight excluding hydrogens is 232 g/mol. The number of fused-ring (bicyclic) bond motifs is 1. The van der Waals surface area contributed by atoms with E-state index in [1.807, 2.05) is 30.5 Å². The third kappa shape index (κ3) is 2.04. The molecular formula is C14H13ClN2. The van der Waals surface area contributed by atoms with E-state index in [1.54, 1.807) is 0 Å². The number of aromatic nitrogens is 2. The number of nitrogens with zero attached hydrogens (tertiary/aromatic N) is 1. The maximum absolute atomic E-state index is 4.65. The van der Waals surface area contributed by atoms with Gasteiger partial charge in [-0.1, -0.05) is 18.2 Å². The molecule has 1 N–H and O–H groups in total. The summed E-state index contributed by atoms with van der Waals surface area (Å²) in [5.41, 5.74) is 4.37. The summed E-state index contributed by atoms with van der Waals surface area (Å²) in [5.74, 6) is 0. The van der Waals surface area contributed by atoms with E-state index in [2.05, 4.69) is 35.1 Å². The number of pyridine rings is 1. The molecule has 0 aliphatic rings. The highest BCUT2D eigenvalue weighted by atomic mass is 35.5. The first-order valence-electron chi connectivity index (χ1n) is 5.35. The molecule has 2 heterocycles. The molecule has 0 saturated heterocycles. The molecule has 3 rings (SSSR count). The molecule has 0 fully saturated rings. The van der Waals surface area contributed by atoms with Crippen molar-refractivity contribution in [2.75, 3.05) is 0 Å². The number of para-hydroxylation sites is 1. The van der Waals surface area contributed by atoms with Gasteiger partial charge in [0, 0.05) is 11.6 Å². The fourth-order valence-electron chi connectivity index (χ4n) is 1.98. The zero-order chi connectivity index (χ0) is 11.0. The molecule has 3 aromatic rings. The number of H-pyrrole nitrogens is 1. The summed E-state index contributed by atoms with van der Waals surface area (Å²) in [7, 11) is 0. The summed E-state index contributed by atoms with van der Waals surface area (Å²) in [6.45, 7) is 2.12. The fourth-order valence-corrected chi connectivity index (χ4v) is 1.98. The Morgan fingerprint density at radius 3 is 2.65 bits per heavy atom. The second-order valence-corrected chi connectivity index (χ2v) is 3.93. The minimum atomic E-state index is 0. The smallest absolute Gasteiger partial charge is 0.0874 e. The van der Waals surface area contributed by atoms with Crippen LogP contribution >= 0.6 is 12.4 Å². The van der Waals surface area contributed by atoms with Gasteiger partial charge in [0.25, 0.3) is 0 Å². The summed E-state index contributed by atoms with van der Waals surface area (Å²) in [5, 5.41) is 1.22. The van der Waals surface area contributed by atoms with Gasteiger partial charge < -0.3 is 4.98 Å². The molecule has 0 aliphatic carbocycles. The Balaban J connectivity index is 0.00000108. The average Bonchev–Trinajstić information content (AvgIpc) is 2.82. The highest BCUT2D eigenvalue weighted by Crippen LogP contribution is 2.22. The monoisotopic (exact) mass is 244 g/mol. The lowest BCUT2D eigenvalue weighted by molar-refractivity contribution is 1.30. The van der Waals surface area contributed by atoms with Gasteiger partial charge in [-0.2, -0.15) is 0 Å². The van der Waals surface area contributed by atoms with Crippen molar-refractivity contribution in [3.05, 3.63) is 54.2 Å². The molecule has 0 bridgehead atoms. The summed E-state index contributed by atoms with van der Waals surface area (Å²) >= 11 is 0. The molecule has 0 saturated carbocycles. The Hall–Kier alpha value is -1.80. The first-order valence-corrected chi connectivity index (χ1v) is 5.35. The standard InChI is InChI=1S/C14H12N2.ClH/c1-10-9-14(13-7-4-8-15-13)16-12-6-3-2-5-11(10)12;/h2-9,15H,1H3;1H. The van der Waals surface area contributed by atoms with Crippen LogP contribution in [-0.4, -0.2) is 9.97 Å². The van der Waals surface area contributed by atoms with Crippen LogP contribution in [0.5, 0.6) is 0 Å². The lowest BCUT2D eigenvalue weighted by atomic mass is 10.1. The fraction of sp³-hybridized carbons (Fsp3) is 0.0714. The Labute approximate surface area is 106 Å². The van der Waals surface area contributed by atoms with Crippen LogP contribution in [0.2, 0.25) is 0 Å². The molecule has 0 spiro atoms. The number of nitrogens with one attached hydrogen (secondary N) is 1. The third-order valence-corrected chi connectivity index (χ3v) is 2.80. The quantitative estimate of drug-likeness (QED) is 0.690. The minimum Gasteiger partial charge on any atom is -0.360 e. The maximum Gasteiger partial charge on any atom is 0.0874 e. The number of hydrogen-bond acceptors (Lipinski definition) is 1. The molecule has 2 aromatic heterocycles. The number of aryl methyl sites for hydroxylation is 1. The van der Waals surface area contributed by atoms with Gasteiger partial charge in [-0.15, -0.1) is 12.4 Å². The van der Waals surface area contributed by atoms with E-state index < -0.39 is 0 Å². The van der Waals surface area contributed by atoms with Crippen LogP contribution < -0.4 is 0 Å². The zero-order valence-electron chi connectivity index (χ0n) is 9.47. The van der Waals surface area contributed by atoms with Gasteiger partial charge >= 0.3 is 0 Å². The predicted octanol–water partition coefficient (Wildman–Crippen LogP) is 3.96. The van der Waals surface area contributed by atoms with Gasteiger partial charge in [0.1, 0.15) is 0 Å². The lowest BCUT2D eigenvalue weighted by Gasteiger charge is -2.04. The van der Waals surface area contributed by atoms with Crippen LogP contribution in [-0.2, 0) is 0 Å². The van der Waals surface area contributed by atoms with Crippen molar-refractivity contribution in [3.8, 4) is 11.4 Å². The van der Waals surface area contributed by atoms with Crippen molar-refractivity contribution in [2.24, 2.45) is 0 Å². The van der Waals surface area contributed by atoms with E-state index in [0.29, 0.717) is 0 Å². The summed E-state index contributed by atoms with van der Waals surface area (Å²) < 4.78 is 0. The number of hydrogen-bond donors (Lipinski definition) is 1. The number of halogens is 1. The van der Waals surface area contributed by atoms with Crippen LogP contribution in [0.4, 0.5) is 0 Å². The molecule has 1 aromatic carbocycles. The summed E-state index contributed by atoms with van der Waals surface area (Å²) in [6.07, 6.45) is 1.92. The van der Waals surface area contributed by atoms with Gasteiger partial charge in [-0.25, -0.2) is 4.98 Å². The van der Waals surface area contributed by atoms with Crippen molar-refractivity contribution in [1.29, 1.82) is 0 Å². The van der Waals surface area contributed by atoms with Crippen molar-refractivity contribution in [3.63, 3.8) is 0 Å². The molecule has 0 aliphatic heterocycles. The van der Waals surface area contributed by atoms with Crippen molar-refractivity contribution >= 4 is 23.3 Å². The van der Waals surface area contributed by atoms with Crippen molar-refractivity contribution in [2.45, 2.75) is 6.92 Å². The first kappa shape index (κ1) is 11.7. The summed E-state index contributed by atoms with van der Waals surface area (Å²) in [6, 6.07) is 14.4. The zero-order valence-corrected chi connectivity index (χ0v) is 10.3. The van der Waals surface area contributed by atoms with E-state index in [4.69, 9.17) is 0 Å². The molecule has 3 heteroatoms. The Morgan fingerprint density at radius 2 is 1.88 bits per heavy atom. The SMILES string of the molecule is Cc1cc(-c2ccc[nH]2)nc2ccccc12.Cl. The van der Waals surface area contributed by atoms with Gasteiger partial charge in [0.2, 0.25) is 0 Å². The topological polar surface area (TPSA) is 28.7 Å². The molecule has 0 atom stereocenters. The Kier molecular flexibility index (Phi) is 3.16. The lowest BCUT2D eigenvalue weighted by Crippen LogP contribution is -1.88. The maximum atomic E-state index is 4.65. The van der Waals surface area contributed by atoms with E-state index in [1.165, 1.54) is 10.9 Å². The average molecular weight is 245 g/mol. The van der Waals surface area contributed by atoms with Crippen LogP contribution in [0.1, 0.15) is 5.56 Å².